The van der Waals surface area contributed by atoms with Crippen LogP contribution in [0.1, 0.15) is 12.0 Å². The van der Waals surface area contributed by atoms with Crippen LogP contribution in [0, 0.1) is 5.92 Å². The topological polar surface area (TPSA) is 64.7 Å². The van der Waals surface area contributed by atoms with Gasteiger partial charge in [-0.05, 0) is 17.7 Å². The van der Waals surface area contributed by atoms with E-state index in [1.165, 1.54) is 5.56 Å². The van der Waals surface area contributed by atoms with Gasteiger partial charge in [0.1, 0.15) is 0 Å². The standard InChI is InChI=1S/C24H30N4O2S/c29-23(16-20-18-31-22-9-5-4-8-21(22)26-24(20)30)25-10-11-27-12-14-28(15-13-27)17-19-6-2-1-3-7-19/h1-9,20H,10-18H2,(H,25,29)(H,26,30). The molecule has 2 N–H and O–H groups in total. The monoisotopic (exact) mass is 438 g/mol. The first-order valence-electron chi connectivity index (χ1n) is 11.0. The number of carbonyl (C=O) groups is 2. The number of amides is 2. The van der Waals surface area contributed by atoms with E-state index in [0.717, 1.165) is 49.9 Å². The van der Waals surface area contributed by atoms with Crippen LogP contribution in [0.2, 0.25) is 0 Å². The number of para-hydroxylation sites is 1. The van der Waals surface area contributed by atoms with E-state index in [1.807, 2.05) is 24.3 Å². The van der Waals surface area contributed by atoms with Gasteiger partial charge >= 0.3 is 0 Å². The summed E-state index contributed by atoms with van der Waals surface area (Å²) in [4.78, 5) is 30.8. The Morgan fingerprint density at radius 3 is 2.52 bits per heavy atom. The Hall–Kier alpha value is -2.35. The summed E-state index contributed by atoms with van der Waals surface area (Å²) in [7, 11) is 0. The van der Waals surface area contributed by atoms with E-state index in [1.54, 1.807) is 11.8 Å². The minimum Gasteiger partial charge on any atom is -0.355 e. The van der Waals surface area contributed by atoms with Crippen LogP contribution in [0.4, 0.5) is 5.69 Å². The van der Waals surface area contributed by atoms with Crippen molar-refractivity contribution in [2.75, 3.05) is 50.3 Å². The molecule has 164 valence electrons. The second-order valence-corrected chi connectivity index (χ2v) is 9.21. The first-order chi connectivity index (χ1) is 15.2. The summed E-state index contributed by atoms with van der Waals surface area (Å²) >= 11 is 1.63. The highest BCUT2D eigenvalue weighted by atomic mass is 32.2. The van der Waals surface area contributed by atoms with Crippen LogP contribution in [0.15, 0.2) is 59.5 Å². The Morgan fingerprint density at radius 2 is 1.71 bits per heavy atom. The van der Waals surface area contributed by atoms with E-state index in [0.29, 0.717) is 12.3 Å². The average Bonchev–Trinajstić information content (AvgIpc) is 2.94. The van der Waals surface area contributed by atoms with Crippen molar-refractivity contribution in [3.63, 3.8) is 0 Å². The number of hydrogen-bond acceptors (Lipinski definition) is 5. The molecular formula is C24H30N4O2S. The minimum atomic E-state index is -0.307. The quantitative estimate of drug-likeness (QED) is 0.696. The lowest BCUT2D eigenvalue weighted by molar-refractivity contribution is -0.126. The SMILES string of the molecule is O=C(CC1CSc2ccccc2NC1=O)NCCN1CCN(Cc2ccccc2)CC1. The maximum atomic E-state index is 12.5. The Labute approximate surface area is 188 Å². The molecule has 2 aliphatic heterocycles. The molecule has 2 aromatic carbocycles. The molecule has 0 saturated carbocycles. The smallest absolute Gasteiger partial charge is 0.228 e. The van der Waals surface area contributed by atoms with Crippen LogP contribution in [-0.2, 0) is 16.1 Å². The van der Waals surface area contributed by atoms with Gasteiger partial charge in [0, 0.05) is 62.9 Å². The van der Waals surface area contributed by atoms with Gasteiger partial charge in [-0.3, -0.25) is 19.4 Å². The molecular weight excluding hydrogens is 408 g/mol. The fourth-order valence-corrected chi connectivity index (χ4v) is 5.11. The normalized spacial score (nSPS) is 19.9. The summed E-state index contributed by atoms with van der Waals surface area (Å²) in [5, 5.41) is 5.96. The van der Waals surface area contributed by atoms with Crippen LogP contribution >= 0.6 is 11.8 Å². The zero-order valence-corrected chi connectivity index (χ0v) is 18.6. The van der Waals surface area contributed by atoms with Gasteiger partial charge in [0.05, 0.1) is 11.6 Å². The number of anilines is 1. The number of benzene rings is 2. The lowest BCUT2D eigenvalue weighted by atomic mass is 10.1. The molecule has 7 heteroatoms. The van der Waals surface area contributed by atoms with Crippen molar-refractivity contribution in [1.29, 1.82) is 0 Å². The first-order valence-corrected chi connectivity index (χ1v) is 11.9. The summed E-state index contributed by atoms with van der Waals surface area (Å²) in [5.74, 6) is 0.204. The van der Waals surface area contributed by atoms with E-state index < -0.39 is 0 Å². The zero-order valence-electron chi connectivity index (χ0n) is 17.8. The van der Waals surface area contributed by atoms with E-state index in [9.17, 15) is 9.59 Å². The Morgan fingerprint density at radius 1 is 1.00 bits per heavy atom. The maximum absolute atomic E-state index is 12.5. The summed E-state index contributed by atoms with van der Waals surface area (Å²) in [6.45, 7) is 6.59. The summed E-state index contributed by atoms with van der Waals surface area (Å²) < 4.78 is 0. The Kier molecular flexibility index (Phi) is 7.61. The van der Waals surface area contributed by atoms with E-state index in [4.69, 9.17) is 0 Å². The largest absolute Gasteiger partial charge is 0.355 e. The number of hydrogen-bond donors (Lipinski definition) is 2. The highest BCUT2D eigenvalue weighted by Gasteiger charge is 2.26. The van der Waals surface area contributed by atoms with Gasteiger partial charge in [0.25, 0.3) is 0 Å². The molecule has 0 radical (unpaired) electrons. The molecule has 0 aromatic heterocycles. The predicted octanol–water partition coefficient (Wildman–Crippen LogP) is 2.67. The molecule has 4 rings (SSSR count). The molecule has 2 heterocycles. The van der Waals surface area contributed by atoms with E-state index in [2.05, 4.69) is 50.8 Å². The van der Waals surface area contributed by atoms with Crippen molar-refractivity contribution in [2.45, 2.75) is 17.9 Å². The minimum absolute atomic E-state index is 0.0468. The van der Waals surface area contributed by atoms with Crippen molar-refractivity contribution in [3.05, 3.63) is 60.2 Å². The lowest BCUT2D eigenvalue weighted by Crippen LogP contribution is -2.48. The number of thioether (sulfide) groups is 1. The van der Waals surface area contributed by atoms with Gasteiger partial charge < -0.3 is 10.6 Å². The predicted molar refractivity (Wildman–Crippen MR) is 125 cm³/mol. The van der Waals surface area contributed by atoms with Crippen LogP contribution in [-0.4, -0.2) is 66.6 Å². The molecule has 2 aromatic rings. The van der Waals surface area contributed by atoms with Crippen molar-refractivity contribution >= 4 is 29.3 Å². The molecule has 6 nitrogen and oxygen atoms in total. The number of nitrogens with one attached hydrogen (secondary N) is 2. The molecule has 2 amide bonds. The molecule has 1 fully saturated rings. The van der Waals surface area contributed by atoms with Gasteiger partial charge in [0.2, 0.25) is 11.8 Å². The Balaban J connectivity index is 1.14. The number of rotatable bonds is 7. The number of nitrogens with zero attached hydrogens (tertiary/aromatic N) is 2. The van der Waals surface area contributed by atoms with Gasteiger partial charge in [-0.1, -0.05) is 42.5 Å². The molecule has 1 atom stereocenters. The number of piperazine rings is 1. The van der Waals surface area contributed by atoms with Crippen LogP contribution in [0.25, 0.3) is 0 Å². The Bertz CT molecular complexity index is 884. The molecule has 2 aliphatic rings. The molecule has 0 bridgehead atoms. The number of fused-ring (bicyclic) bond motifs is 1. The zero-order chi connectivity index (χ0) is 21.5. The fourth-order valence-electron chi connectivity index (χ4n) is 4.01. The molecule has 0 aliphatic carbocycles. The third kappa shape index (κ3) is 6.32. The highest BCUT2D eigenvalue weighted by molar-refractivity contribution is 7.99. The average molecular weight is 439 g/mol. The fraction of sp³-hybridized carbons (Fsp3) is 0.417. The maximum Gasteiger partial charge on any atom is 0.228 e. The van der Waals surface area contributed by atoms with Gasteiger partial charge in [0.15, 0.2) is 0 Å². The van der Waals surface area contributed by atoms with Crippen LogP contribution in [0.3, 0.4) is 0 Å². The first kappa shape index (κ1) is 21.9. The molecule has 31 heavy (non-hydrogen) atoms. The third-order valence-electron chi connectivity index (χ3n) is 5.85. The van der Waals surface area contributed by atoms with E-state index in [-0.39, 0.29) is 24.2 Å². The lowest BCUT2D eigenvalue weighted by Gasteiger charge is -2.34. The van der Waals surface area contributed by atoms with E-state index >= 15 is 0 Å². The van der Waals surface area contributed by atoms with Crippen molar-refractivity contribution < 1.29 is 9.59 Å². The third-order valence-corrected chi connectivity index (χ3v) is 7.09. The second-order valence-electron chi connectivity index (χ2n) is 8.15. The molecule has 1 saturated heterocycles. The van der Waals surface area contributed by atoms with Crippen LogP contribution in [0.5, 0.6) is 0 Å². The van der Waals surface area contributed by atoms with Crippen molar-refractivity contribution in [1.82, 2.24) is 15.1 Å². The summed E-state index contributed by atoms with van der Waals surface area (Å²) in [5.41, 5.74) is 2.19. The van der Waals surface area contributed by atoms with Crippen molar-refractivity contribution in [3.8, 4) is 0 Å². The highest BCUT2D eigenvalue weighted by Crippen LogP contribution is 2.33. The number of carbonyl (C=O) groups excluding carboxylic acids is 2. The second kappa shape index (κ2) is 10.8. The molecule has 1 unspecified atom stereocenters. The van der Waals surface area contributed by atoms with Gasteiger partial charge in [-0.2, -0.15) is 0 Å². The summed E-state index contributed by atoms with van der Waals surface area (Å²) in [6, 6.07) is 18.4. The summed E-state index contributed by atoms with van der Waals surface area (Å²) in [6.07, 6.45) is 0.234. The van der Waals surface area contributed by atoms with Crippen LogP contribution < -0.4 is 10.6 Å². The van der Waals surface area contributed by atoms with Crippen molar-refractivity contribution in [2.24, 2.45) is 5.92 Å². The van der Waals surface area contributed by atoms with Gasteiger partial charge in [-0.25, -0.2) is 0 Å². The molecule has 0 spiro atoms. The van der Waals surface area contributed by atoms with Gasteiger partial charge in [-0.15, -0.1) is 11.8 Å².